The number of morpholine rings is 1. The van der Waals surface area contributed by atoms with Gasteiger partial charge in [-0.2, -0.15) is 0 Å². The smallest absolute Gasteiger partial charge is 1.00 e. The number of nitrogens with one attached hydrogen (secondary N) is 1. The molecule has 3 nitrogen and oxygen atoms in total. The summed E-state index contributed by atoms with van der Waals surface area (Å²) in [6, 6.07) is 0. The fraction of sp³-hybridized carbons (Fsp3) is 1.00. The fourth-order valence-electron chi connectivity index (χ4n) is 0.516. The third kappa shape index (κ3) is 4.80. The van der Waals surface area contributed by atoms with Crippen molar-refractivity contribution >= 4 is 23.1 Å². The van der Waals surface area contributed by atoms with Gasteiger partial charge in [-0.15, -0.1) is 0 Å². The van der Waals surface area contributed by atoms with Crippen molar-refractivity contribution in [1.82, 2.24) is 5.32 Å². The van der Waals surface area contributed by atoms with Crippen LogP contribution >= 0.6 is 0 Å². The molecule has 0 aromatic heterocycles. The standard InChI is InChI=1S/C4H9NO.Mg.H2O.2H/c1-3-6-4-2-5-1;;;;/h5H,1-4H2;;1H2;;/q;+2;;2*-1. The normalized spacial score (nSPS) is 18.0. The summed E-state index contributed by atoms with van der Waals surface area (Å²) in [7, 11) is 0. The van der Waals surface area contributed by atoms with E-state index < -0.39 is 0 Å². The van der Waals surface area contributed by atoms with Gasteiger partial charge in [-0.05, 0) is 0 Å². The molecule has 0 aliphatic carbocycles. The van der Waals surface area contributed by atoms with Crippen LogP contribution < -0.4 is 5.32 Å². The average molecular weight is 131 g/mol. The number of ether oxygens (including phenoxy) is 1. The first-order valence-corrected chi connectivity index (χ1v) is 2.28. The minimum atomic E-state index is 0. The Kier molecular flexibility index (Phi) is 10.9. The first kappa shape index (κ1) is 11.4. The molecule has 1 aliphatic heterocycles. The maximum Gasteiger partial charge on any atom is 2.00 e. The molecule has 48 valence electrons. The molecule has 0 radical (unpaired) electrons. The van der Waals surface area contributed by atoms with Crippen LogP contribution in [0.2, 0.25) is 0 Å². The van der Waals surface area contributed by atoms with Crippen molar-refractivity contribution in [3.05, 3.63) is 0 Å². The molecule has 1 aliphatic rings. The minimum absolute atomic E-state index is 0. The van der Waals surface area contributed by atoms with Crippen LogP contribution in [-0.2, 0) is 4.74 Å². The summed E-state index contributed by atoms with van der Waals surface area (Å²) >= 11 is 0. The van der Waals surface area contributed by atoms with Gasteiger partial charge in [0.2, 0.25) is 0 Å². The number of rotatable bonds is 0. The molecule has 0 saturated carbocycles. The third-order valence-corrected chi connectivity index (χ3v) is 0.846. The summed E-state index contributed by atoms with van der Waals surface area (Å²) in [5.74, 6) is 0. The molecule has 1 rings (SSSR count). The molecule has 0 unspecified atom stereocenters. The molecule has 0 amide bonds. The van der Waals surface area contributed by atoms with E-state index in [2.05, 4.69) is 5.32 Å². The van der Waals surface area contributed by atoms with E-state index in [1.54, 1.807) is 0 Å². The fourth-order valence-corrected chi connectivity index (χ4v) is 0.516. The largest absolute Gasteiger partial charge is 2.00 e. The van der Waals surface area contributed by atoms with Gasteiger partial charge in [0.25, 0.3) is 0 Å². The first-order chi connectivity index (χ1) is 3.00. The maximum atomic E-state index is 5.01. The zero-order valence-electron chi connectivity index (χ0n) is 6.94. The van der Waals surface area contributed by atoms with Gasteiger partial charge >= 0.3 is 23.1 Å². The van der Waals surface area contributed by atoms with E-state index in [0.717, 1.165) is 26.3 Å². The zero-order valence-corrected chi connectivity index (χ0v) is 6.36. The second kappa shape index (κ2) is 7.65. The van der Waals surface area contributed by atoms with Gasteiger partial charge in [0, 0.05) is 13.1 Å². The maximum absolute atomic E-state index is 5.01. The van der Waals surface area contributed by atoms with Crippen LogP contribution in [0.1, 0.15) is 2.85 Å². The van der Waals surface area contributed by atoms with Crippen molar-refractivity contribution in [2.45, 2.75) is 0 Å². The molecular weight excluding hydrogens is 118 g/mol. The Morgan fingerprint density at radius 2 is 1.75 bits per heavy atom. The van der Waals surface area contributed by atoms with Gasteiger partial charge < -0.3 is 18.4 Å². The summed E-state index contributed by atoms with van der Waals surface area (Å²) < 4.78 is 5.01. The molecule has 1 fully saturated rings. The van der Waals surface area contributed by atoms with E-state index in [-0.39, 0.29) is 31.4 Å². The van der Waals surface area contributed by atoms with Crippen molar-refractivity contribution in [2.75, 3.05) is 26.3 Å². The Bertz CT molecular complexity index is 36.7. The zero-order chi connectivity index (χ0) is 4.24. The Morgan fingerprint density at radius 3 is 1.88 bits per heavy atom. The predicted octanol–water partition coefficient (Wildman–Crippen LogP) is -1.37. The molecule has 0 aromatic rings. The topological polar surface area (TPSA) is 52.8 Å². The van der Waals surface area contributed by atoms with Crippen LogP contribution in [0.4, 0.5) is 0 Å². The van der Waals surface area contributed by atoms with Crippen molar-refractivity contribution in [2.24, 2.45) is 0 Å². The monoisotopic (exact) mass is 131 g/mol. The van der Waals surface area contributed by atoms with Gasteiger partial charge in [-0.3, -0.25) is 0 Å². The molecular formula is C4H13MgNO2. The number of hydrogen-bond donors (Lipinski definition) is 1. The summed E-state index contributed by atoms with van der Waals surface area (Å²) in [5.41, 5.74) is 0. The Morgan fingerprint density at radius 1 is 1.25 bits per heavy atom. The van der Waals surface area contributed by atoms with Crippen LogP contribution in [0.25, 0.3) is 0 Å². The van der Waals surface area contributed by atoms with E-state index in [1.807, 2.05) is 0 Å². The van der Waals surface area contributed by atoms with Crippen LogP contribution in [0.3, 0.4) is 0 Å². The summed E-state index contributed by atoms with van der Waals surface area (Å²) in [6.07, 6.45) is 0. The van der Waals surface area contributed by atoms with Gasteiger partial charge in [-0.25, -0.2) is 0 Å². The SMILES string of the molecule is C1COCCN1.O.[H-].[H-].[Mg+2]. The molecule has 0 spiro atoms. The van der Waals surface area contributed by atoms with E-state index in [4.69, 9.17) is 4.74 Å². The molecule has 3 N–H and O–H groups in total. The second-order valence-electron chi connectivity index (χ2n) is 1.36. The van der Waals surface area contributed by atoms with Crippen LogP contribution in [0.5, 0.6) is 0 Å². The molecule has 0 atom stereocenters. The van der Waals surface area contributed by atoms with Gasteiger partial charge in [-0.1, -0.05) is 0 Å². The van der Waals surface area contributed by atoms with Crippen LogP contribution in [0, 0.1) is 0 Å². The van der Waals surface area contributed by atoms with Crippen molar-refractivity contribution in [1.29, 1.82) is 0 Å². The summed E-state index contributed by atoms with van der Waals surface area (Å²) in [6.45, 7) is 3.83. The van der Waals surface area contributed by atoms with Crippen LogP contribution in [0.15, 0.2) is 0 Å². The van der Waals surface area contributed by atoms with E-state index in [0.29, 0.717) is 0 Å². The Hall–Kier alpha value is 0.646. The van der Waals surface area contributed by atoms with E-state index in [1.165, 1.54) is 0 Å². The van der Waals surface area contributed by atoms with E-state index >= 15 is 0 Å². The van der Waals surface area contributed by atoms with Gasteiger partial charge in [0.05, 0.1) is 13.2 Å². The first-order valence-electron chi connectivity index (χ1n) is 2.28. The molecule has 8 heavy (non-hydrogen) atoms. The molecule has 4 heteroatoms. The number of hydrogen-bond acceptors (Lipinski definition) is 2. The molecule has 1 heterocycles. The van der Waals surface area contributed by atoms with Crippen molar-refractivity contribution in [3.8, 4) is 0 Å². The van der Waals surface area contributed by atoms with Crippen LogP contribution in [-0.4, -0.2) is 54.8 Å². The van der Waals surface area contributed by atoms with Crippen molar-refractivity contribution in [3.63, 3.8) is 0 Å². The van der Waals surface area contributed by atoms with Crippen molar-refractivity contribution < 1.29 is 13.1 Å². The predicted molar refractivity (Wildman–Crippen MR) is 35.3 cm³/mol. The second-order valence-corrected chi connectivity index (χ2v) is 1.36. The summed E-state index contributed by atoms with van der Waals surface area (Å²) in [5, 5.41) is 3.16. The van der Waals surface area contributed by atoms with Gasteiger partial charge in [0.1, 0.15) is 0 Å². The third-order valence-electron chi connectivity index (χ3n) is 0.846. The van der Waals surface area contributed by atoms with E-state index in [9.17, 15) is 0 Å². The quantitative estimate of drug-likeness (QED) is 0.412. The minimum Gasteiger partial charge on any atom is -1.00 e. The van der Waals surface area contributed by atoms with Gasteiger partial charge in [0.15, 0.2) is 0 Å². The Labute approximate surface area is 68.2 Å². The molecule has 0 bridgehead atoms. The Balaban J connectivity index is -0.0000000450. The molecule has 0 aromatic carbocycles. The average Bonchev–Trinajstić information content (AvgIpc) is 1.72. The summed E-state index contributed by atoms with van der Waals surface area (Å²) in [4.78, 5) is 0. The molecule has 1 saturated heterocycles.